The van der Waals surface area contributed by atoms with Crippen molar-refractivity contribution in [1.29, 1.82) is 0 Å². The van der Waals surface area contributed by atoms with E-state index >= 15 is 0 Å². The second-order valence-corrected chi connectivity index (χ2v) is 6.00. The molecule has 1 heterocycles. The maximum Gasteiger partial charge on any atom is 0.119 e. The third-order valence-corrected chi connectivity index (χ3v) is 4.66. The minimum atomic E-state index is 0.338. The fourth-order valence-corrected chi connectivity index (χ4v) is 3.54. The molecule has 0 saturated carbocycles. The van der Waals surface area contributed by atoms with Gasteiger partial charge in [0.05, 0.1) is 18.8 Å². The first-order chi connectivity index (χ1) is 9.70. The standard InChI is InChI=1S/C17H18BrNO/c1-12(14-6-3-7-15(11-14)20-2)19-10-9-13-5-4-8-16(18)17(13)19/h3-8,11-12H,9-10H2,1-2H3. The van der Waals surface area contributed by atoms with Crippen molar-refractivity contribution in [3.05, 3.63) is 58.1 Å². The highest BCUT2D eigenvalue weighted by molar-refractivity contribution is 9.10. The summed E-state index contributed by atoms with van der Waals surface area (Å²) in [7, 11) is 1.71. The summed E-state index contributed by atoms with van der Waals surface area (Å²) in [6.07, 6.45) is 1.11. The van der Waals surface area contributed by atoms with Gasteiger partial charge in [0.15, 0.2) is 0 Å². The van der Waals surface area contributed by atoms with Gasteiger partial charge in [-0.2, -0.15) is 0 Å². The summed E-state index contributed by atoms with van der Waals surface area (Å²) in [6, 6.07) is 15.1. The van der Waals surface area contributed by atoms with Gasteiger partial charge >= 0.3 is 0 Å². The Bertz CT molecular complexity index is 626. The second kappa shape index (κ2) is 5.49. The first-order valence-corrected chi connectivity index (χ1v) is 7.68. The average Bonchev–Trinajstić information content (AvgIpc) is 2.92. The third-order valence-electron chi connectivity index (χ3n) is 4.02. The van der Waals surface area contributed by atoms with Gasteiger partial charge in [-0.25, -0.2) is 0 Å². The molecule has 1 aliphatic heterocycles. The van der Waals surface area contributed by atoms with Crippen LogP contribution in [0.25, 0.3) is 0 Å². The van der Waals surface area contributed by atoms with Crippen molar-refractivity contribution in [3.8, 4) is 5.75 Å². The topological polar surface area (TPSA) is 12.5 Å². The van der Waals surface area contributed by atoms with Gasteiger partial charge in [-0.05, 0) is 58.6 Å². The summed E-state index contributed by atoms with van der Waals surface area (Å²) in [5, 5.41) is 0. The van der Waals surface area contributed by atoms with Crippen molar-refractivity contribution in [2.75, 3.05) is 18.6 Å². The molecule has 2 aromatic rings. The molecule has 0 saturated heterocycles. The van der Waals surface area contributed by atoms with Crippen molar-refractivity contribution >= 4 is 21.6 Å². The Hall–Kier alpha value is -1.48. The van der Waals surface area contributed by atoms with Crippen LogP contribution >= 0.6 is 15.9 Å². The van der Waals surface area contributed by atoms with E-state index in [4.69, 9.17) is 4.74 Å². The van der Waals surface area contributed by atoms with Crippen molar-refractivity contribution in [1.82, 2.24) is 0 Å². The maximum absolute atomic E-state index is 5.33. The van der Waals surface area contributed by atoms with Crippen LogP contribution in [0, 0.1) is 0 Å². The van der Waals surface area contributed by atoms with Crippen molar-refractivity contribution < 1.29 is 4.74 Å². The molecule has 0 fully saturated rings. The lowest BCUT2D eigenvalue weighted by Crippen LogP contribution is -2.24. The highest BCUT2D eigenvalue weighted by Crippen LogP contribution is 2.40. The first-order valence-electron chi connectivity index (χ1n) is 6.88. The lowest BCUT2D eigenvalue weighted by molar-refractivity contribution is 0.414. The smallest absolute Gasteiger partial charge is 0.119 e. The van der Waals surface area contributed by atoms with E-state index in [9.17, 15) is 0 Å². The van der Waals surface area contributed by atoms with Crippen LogP contribution in [0.2, 0.25) is 0 Å². The molecule has 0 N–H and O–H groups in total. The number of hydrogen-bond donors (Lipinski definition) is 0. The molecule has 3 rings (SSSR count). The third kappa shape index (κ3) is 2.31. The van der Waals surface area contributed by atoms with Crippen LogP contribution in [0.5, 0.6) is 5.75 Å². The molecule has 1 unspecified atom stereocenters. The fraction of sp³-hybridized carbons (Fsp3) is 0.294. The summed E-state index contributed by atoms with van der Waals surface area (Å²) in [5.74, 6) is 0.917. The monoisotopic (exact) mass is 331 g/mol. The minimum absolute atomic E-state index is 0.338. The molecule has 1 aliphatic rings. The normalized spacial score (nSPS) is 15.1. The summed E-state index contributed by atoms with van der Waals surface area (Å²) in [4.78, 5) is 2.47. The van der Waals surface area contributed by atoms with Crippen molar-refractivity contribution in [3.63, 3.8) is 0 Å². The molecule has 0 radical (unpaired) electrons. The minimum Gasteiger partial charge on any atom is -0.497 e. The Balaban J connectivity index is 1.95. The van der Waals surface area contributed by atoms with Gasteiger partial charge in [0.1, 0.15) is 5.75 Å². The number of para-hydroxylation sites is 1. The predicted molar refractivity (Wildman–Crippen MR) is 86.6 cm³/mol. The van der Waals surface area contributed by atoms with Crippen LogP contribution in [-0.2, 0) is 6.42 Å². The number of hydrogen-bond acceptors (Lipinski definition) is 2. The maximum atomic E-state index is 5.33. The van der Waals surface area contributed by atoms with E-state index in [1.54, 1.807) is 7.11 Å². The largest absolute Gasteiger partial charge is 0.497 e. The zero-order chi connectivity index (χ0) is 14.1. The van der Waals surface area contributed by atoms with E-state index in [-0.39, 0.29) is 0 Å². The highest BCUT2D eigenvalue weighted by atomic mass is 79.9. The van der Waals surface area contributed by atoms with Crippen molar-refractivity contribution in [2.45, 2.75) is 19.4 Å². The Labute approximate surface area is 128 Å². The van der Waals surface area contributed by atoms with Gasteiger partial charge in [0.2, 0.25) is 0 Å². The molecule has 3 heteroatoms. The Morgan fingerprint density at radius 1 is 1.20 bits per heavy atom. The Kier molecular flexibility index (Phi) is 3.70. The van der Waals surface area contributed by atoms with Gasteiger partial charge in [-0.1, -0.05) is 24.3 Å². The number of methoxy groups -OCH3 is 1. The zero-order valence-electron chi connectivity index (χ0n) is 11.8. The molecule has 20 heavy (non-hydrogen) atoms. The summed E-state index contributed by atoms with van der Waals surface area (Å²) in [6.45, 7) is 3.32. The number of halogens is 1. The van der Waals surface area contributed by atoms with Crippen LogP contribution in [0.1, 0.15) is 24.1 Å². The van der Waals surface area contributed by atoms with Crippen LogP contribution in [0.15, 0.2) is 46.9 Å². The molecular weight excluding hydrogens is 314 g/mol. The molecule has 0 spiro atoms. The molecule has 0 bridgehead atoms. The lowest BCUT2D eigenvalue weighted by atomic mass is 10.1. The first kappa shape index (κ1) is 13.5. The van der Waals surface area contributed by atoms with Crippen LogP contribution in [0.3, 0.4) is 0 Å². The number of anilines is 1. The quantitative estimate of drug-likeness (QED) is 0.816. The molecular formula is C17H18BrNO. The molecule has 1 atom stereocenters. The Morgan fingerprint density at radius 3 is 2.80 bits per heavy atom. The van der Waals surface area contributed by atoms with Gasteiger partial charge in [0.25, 0.3) is 0 Å². The van der Waals surface area contributed by atoms with E-state index in [1.807, 2.05) is 6.07 Å². The predicted octanol–water partition coefficient (Wildman–Crippen LogP) is 4.58. The second-order valence-electron chi connectivity index (χ2n) is 5.14. The molecule has 2 aromatic carbocycles. The molecule has 0 aliphatic carbocycles. The van der Waals surface area contributed by atoms with Gasteiger partial charge in [-0.3, -0.25) is 0 Å². The fourth-order valence-electron chi connectivity index (χ4n) is 2.90. The molecule has 2 nitrogen and oxygen atoms in total. The number of fused-ring (bicyclic) bond motifs is 1. The molecule has 0 aromatic heterocycles. The summed E-state index contributed by atoms with van der Waals surface area (Å²) >= 11 is 3.69. The molecule has 104 valence electrons. The zero-order valence-corrected chi connectivity index (χ0v) is 13.4. The van der Waals surface area contributed by atoms with Gasteiger partial charge in [0, 0.05) is 11.0 Å². The van der Waals surface area contributed by atoms with Crippen LogP contribution in [-0.4, -0.2) is 13.7 Å². The Morgan fingerprint density at radius 2 is 2.00 bits per heavy atom. The number of nitrogens with zero attached hydrogens (tertiary/aromatic N) is 1. The number of rotatable bonds is 3. The average molecular weight is 332 g/mol. The van der Waals surface area contributed by atoms with E-state index < -0.39 is 0 Å². The van der Waals surface area contributed by atoms with E-state index in [1.165, 1.54) is 21.3 Å². The van der Waals surface area contributed by atoms with Gasteiger partial charge < -0.3 is 9.64 Å². The van der Waals surface area contributed by atoms with E-state index in [0.29, 0.717) is 6.04 Å². The highest BCUT2D eigenvalue weighted by Gasteiger charge is 2.26. The van der Waals surface area contributed by atoms with E-state index in [0.717, 1.165) is 18.7 Å². The molecule has 0 amide bonds. The van der Waals surface area contributed by atoms with E-state index in [2.05, 4.69) is 64.2 Å². The van der Waals surface area contributed by atoms with Gasteiger partial charge in [-0.15, -0.1) is 0 Å². The van der Waals surface area contributed by atoms with Crippen LogP contribution < -0.4 is 9.64 Å². The number of benzene rings is 2. The summed E-state index contributed by atoms with van der Waals surface area (Å²) < 4.78 is 6.52. The summed E-state index contributed by atoms with van der Waals surface area (Å²) in [5.41, 5.74) is 4.05. The number of ether oxygens (including phenoxy) is 1. The van der Waals surface area contributed by atoms with Crippen LogP contribution in [0.4, 0.5) is 5.69 Å². The van der Waals surface area contributed by atoms with Crippen molar-refractivity contribution in [2.24, 2.45) is 0 Å². The lowest BCUT2D eigenvalue weighted by Gasteiger charge is -2.28. The SMILES string of the molecule is COc1cccc(C(C)N2CCc3cccc(Br)c32)c1.